The Morgan fingerprint density at radius 2 is 1.85 bits per heavy atom. The van der Waals surface area contributed by atoms with Crippen LogP contribution in [0.3, 0.4) is 0 Å². The number of phenols is 1. The van der Waals surface area contributed by atoms with Crippen molar-refractivity contribution < 1.29 is 24.1 Å². The first-order valence-electron chi connectivity index (χ1n) is 20.1. The van der Waals surface area contributed by atoms with E-state index >= 15 is 0 Å². The molecule has 1 aliphatic carbocycles. The van der Waals surface area contributed by atoms with Gasteiger partial charge in [0, 0.05) is 40.9 Å². The number of pyridine rings is 1. The predicted octanol–water partition coefficient (Wildman–Crippen LogP) is 12.5. The number of unbranched alkanes of at least 4 members (excludes halogenated alkanes) is 2. The average Bonchev–Trinajstić information content (AvgIpc) is 3.21. The number of aromatic hydroxyl groups is 1. The Morgan fingerprint density at radius 1 is 1.03 bits per heavy atom. The van der Waals surface area contributed by atoms with Crippen LogP contribution < -0.4 is 24.8 Å². The molecule has 4 aromatic carbocycles. The van der Waals surface area contributed by atoms with E-state index in [1.54, 1.807) is 24.3 Å². The van der Waals surface area contributed by atoms with Gasteiger partial charge in [0.25, 0.3) is 5.91 Å². The molecule has 5 aromatic rings. The molecule has 0 bridgehead atoms. The molecule has 304 valence electrons. The number of phenolic OH excluding ortho intramolecular Hbond substituents is 1. The van der Waals surface area contributed by atoms with Crippen LogP contribution in [0.5, 0.6) is 23.0 Å². The zero-order valence-corrected chi connectivity index (χ0v) is 34.9. The second-order valence-electron chi connectivity index (χ2n) is 14.9. The molecular formula is C49H51ClN4O5. The van der Waals surface area contributed by atoms with E-state index < -0.39 is 5.91 Å². The summed E-state index contributed by atoms with van der Waals surface area (Å²) in [4.78, 5) is 18.1. The number of aryl methyl sites for hydroxylation is 1. The lowest BCUT2D eigenvalue weighted by atomic mass is 9.73. The molecule has 0 aliphatic heterocycles. The second kappa shape index (κ2) is 20.0. The highest BCUT2D eigenvalue weighted by atomic mass is 35.5. The van der Waals surface area contributed by atoms with Gasteiger partial charge in [-0.2, -0.15) is 5.26 Å². The van der Waals surface area contributed by atoms with Crippen molar-refractivity contribution in [1.82, 2.24) is 4.98 Å². The number of ether oxygens (including phenoxy) is 3. The SMILES string of the molecule is C=C(C)[C@@H]1CCC(C)=C[C@H]1c1c(O)cc(CCCCC)cc1O/C=C/C(=O)Nc1cc2c(Nc3ccc(OCc4ccccc4)c(Cl)c3)c(C#N)cnc2cc1OCC. The van der Waals surface area contributed by atoms with Crippen molar-refractivity contribution in [3.05, 3.63) is 142 Å². The van der Waals surface area contributed by atoms with Crippen LogP contribution in [-0.2, 0) is 17.8 Å². The van der Waals surface area contributed by atoms with Gasteiger partial charge in [-0.15, -0.1) is 0 Å². The Labute approximate surface area is 352 Å². The van der Waals surface area contributed by atoms with Crippen LogP contribution in [0.2, 0.25) is 5.02 Å². The fourth-order valence-corrected chi connectivity index (χ4v) is 7.70. The summed E-state index contributed by atoms with van der Waals surface area (Å²) in [6, 6.07) is 24.6. The van der Waals surface area contributed by atoms with Crippen molar-refractivity contribution in [1.29, 1.82) is 5.26 Å². The molecular weight excluding hydrogens is 760 g/mol. The van der Waals surface area contributed by atoms with E-state index in [9.17, 15) is 15.2 Å². The van der Waals surface area contributed by atoms with Gasteiger partial charge in [-0.1, -0.05) is 85.5 Å². The first kappa shape index (κ1) is 42.4. The number of halogens is 1. The first-order valence-corrected chi connectivity index (χ1v) is 20.5. The first-order chi connectivity index (χ1) is 28.6. The molecule has 1 heterocycles. The quantitative estimate of drug-likeness (QED) is 0.0367. The maximum atomic E-state index is 13.6. The van der Waals surface area contributed by atoms with E-state index in [0.717, 1.165) is 55.2 Å². The summed E-state index contributed by atoms with van der Waals surface area (Å²) in [6.45, 7) is 13.1. The van der Waals surface area contributed by atoms with Crippen LogP contribution in [0.1, 0.15) is 88.0 Å². The summed E-state index contributed by atoms with van der Waals surface area (Å²) in [5.41, 5.74) is 7.29. The molecule has 0 saturated heterocycles. The maximum absolute atomic E-state index is 13.6. The molecule has 10 heteroatoms. The van der Waals surface area contributed by atoms with Gasteiger partial charge >= 0.3 is 0 Å². The van der Waals surface area contributed by atoms with Crippen LogP contribution in [0.15, 0.2) is 115 Å². The number of allylic oxidation sites excluding steroid dienone is 3. The van der Waals surface area contributed by atoms with Crippen molar-refractivity contribution in [2.45, 2.75) is 78.7 Å². The van der Waals surface area contributed by atoms with Gasteiger partial charge in [0.15, 0.2) is 0 Å². The molecule has 0 radical (unpaired) electrons. The van der Waals surface area contributed by atoms with Crippen LogP contribution in [0, 0.1) is 17.2 Å². The number of nitrogens with one attached hydrogen (secondary N) is 2. The van der Waals surface area contributed by atoms with Gasteiger partial charge in [-0.05, 0) is 99.9 Å². The summed E-state index contributed by atoms with van der Waals surface area (Å²) in [7, 11) is 0. The Balaban J connectivity index is 1.27. The predicted molar refractivity (Wildman–Crippen MR) is 237 cm³/mol. The van der Waals surface area contributed by atoms with E-state index in [-0.39, 0.29) is 17.6 Å². The topological polar surface area (TPSA) is 126 Å². The van der Waals surface area contributed by atoms with Gasteiger partial charge in [-0.3, -0.25) is 9.78 Å². The van der Waals surface area contributed by atoms with Gasteiger partial charge in [0.1, 0.15) is 35.7 Å². The molecule has 1 aliphatic rings. The lowest BCUT2D eigenvalue weighted by Crippen LogP contribution is -2.18. The fraction of sp³-hybridized carbons (Fsp3) is 0.286. The van der Waals surface area contributed by atoms with Gasteiger partial charge < -0.3 is 30.0 Å². The zero-order chi connectivity index (χ0) is 41.9. The number of hydrogen-bond acceptors (Lipinski definition) is 8. The Morgan fingerprint density at radius 3 is 2.58 bits per heavy atom. The number of anilines is 3. The van der Waals surface area contributed by atoms with Crippen LogP contribution in [-0.4, -0.2) is 22.6 Å². The lowest BCUT2D eigenvalue weighted by molar-refractivity contribution is -0.112. The van der Waals surface area contributed by atoms with E-state index in [1.165, 1.54) is 24.1 Å². The summed E-state index contributed by atoms with van der Waals surface area (Å²) >= 11 is 6.64. The van der Waals surface area contributed by atoms with Gasteiger partial charge in [0.2, 0.25) is 0 Å². The van der Waals surface area contributed by atoms with E-state index in [0.29, 0.717) is 74.6 Å². The number of benzene rings is 4. The third kappa shape index (κ3) is 10.6. The Hall–Kier alpha value is -6.24. The van der Waals surface area contributed by atoms with Crippen molar-refractivity contribution in [2.24, 2.45) is 5.92 Å². The van der Waals surface area contributed by atoms with Crippen molar-refractivity contribution in [3.8, 4) is 29.1 Å². The van der Waals surface area contributed by atoms with Crippen LogP contribution in [0.4, 0.5) is 17.1 Å². The molecule has 1 aromatic heterocycles. The van der Waals surface area contributed by atoms with E-state index in [2.05, 4.69) is 48.2 Å². The maximum Gasteiger partial charge on any atom is 0.251 e. The molecule has 9 nitrogen and oxygen atoms in total. The summed E-state index contributed by atoms with van der Waals surface area (Å²) in [5.74, 6) is 1.16. The number of amides is 1. The minimum absolute atomic E-state index is 0.119. The molecule has 3 N–H and O–H groups in total. The normalized spacial score (nSPS) is 15.0. The van der Waals surface area contributed by atoms with Crippen molar-refractivity contribution >= 4 is 45.5 Å². The number of carbonyl (C=O) groups is 1. The number of carbonyl (C=O) groups excluding carboxylic acids is 1. The average molecular weight is 811 g/mol. The van der Waals surface area contributed by atoms with Crippen LogP contribution >= 0.6 is 11.6 Å². The molecule has 0 saturated carbocycles. The van der Waals surface area contributed by atoms with Crippen LogP contribution in [0.25, 0.3) is 10.9 Å². The summed E-state index contributed by atoms with van der Waals surface area (Å²) in [6.07, 6.45) is 12.2. The largest absolute Gasteiger partial charge is 0.507 e. The monoisotopic (exact) mass is 810 g/mol. The number of hydrogen-bond donors (Lipinski definition) is 3. The smallest absolute Gasteiger partial charge is 0.251 e. The standard InChI is InChI=1S/C49H51ClN4O5/c1-6-8-10-15-34-23-43(55)48(38-22-32(5)16-18-37(38)31(3)4)46(24-34)58-21-20-47(56)54-42-26-39-41(27-45(42)57-7-2)52-29-35(28-51)49(39)53-36-17-19-44(40(50)25-36)59-30-33-13-11-9-12-14-33/h9,11-14,17,19-27,29,37-38,55H,3,6-8,10,15-16,18,30H2,1-2,4-5H3,(H,52,53)(H,54,56)/b21-20+/t37-,38+/m0/s1. The zero-order valence-electron chi connectivity index (χ0n) is 34.1. The highest BCUT2D eigenvalue weighted by Crippen LogP contribution is 2.47. The summed E-state index contributed by atoms with van der Waals surface area (Å²) < 4.78 is 18.1. The molecule has 0 fully saturated rings. The third-order valence-electron chi connectivity index (χ3n) is 10.5. The second-order valence-corrected chi connectivity index (χ2v) is 15.3. The fourth-order valence-electron chi connectivity index (χ4n) is 7.46. The van der Waals surface area contributed by atoms with E-state index in [1.807, 2.05) is 62.4 Å². The Kier molecular flexibility index (Phi) is 14.3. The lowest BCUT2D eigenvalue weighted by Gasteiger charge is -2.32. The third-order valence-corrected chi connectivity index (χ3v) is 10.8. The number of nitrogens with zero attached hydrogens (tertiary/aromatic N) is 2. The number of rotatable bonds is 17. The summed E-state index contributed by atoms with van der Waals surface area (Å²) in [5, 5.41) is 28.8. The minimum Gasteiger partial charge on any atom is -0.507 e. The Bertz CT molecular complexity index is 2420. The minimum atomic E-state index is -0.472. The van der Waals surface area contributed by atoms with E-state index in [4.69, 9.17) is 25.8 Å². The molecule has 0 spiro atoms. The molecule has 59 heavy (non-hydrogen) atoms. The molecule has 6 rings (SSSR count). The highest BCUT2D eigenvalue weighted by Gasteiger charge is 2.31. The number of aromatic nitrogens is 1. The van der Waals surface area contributed by atoms with Crippen molar-refractivity contribution in [2.75, 3.05) is 17.2 Å². The van der Waals surface area contributed by atoms with Crippen molar-refractivity contribution in [3.63, 3.8) is 0 Å². The highest BCUT2D eigenvalue weighted by molar-refractivity contribution is 6.32. The molecule has 1 amide bonds. The number of fused-ring (bicyclic) bond motifs is 1. The van der Waals surface area contributed by atoms with Gasteiger partial charge in [-0.25, -0.2) is 0 Å². The molecule has 0 unspecified atom stereocenters. The molecule has 2 atom stereocenters. The number of nitriles is 1. The van der Waals surface area contributed by atoms with Gasteiger partial charge in [0.05, 0.1) is 40.3 Å².